The van der Waals surface area contributed by atoms with Crippen molar-refractivity contribution >= 4 is 5.69 Å². The van der Waals surface area contributed by atoms with Crippen molar-refractivity contribution in [2.24, 2.45) is 0 Å². The van der Waals surface area contributed by atoms with E-state index in [1.165, 1.54) is 34.9 Å². The van der Waals surface area contributed by atoms with Gasteiger partial charge in [0.25, 0.3) is 0 Å². The topological polar surface area (TPSA) is 46.4 Å². The van der Waals surface area contributed by atoms with Crippen LogP contribution in [0.15, 0.2) is 84.9 Å². The van der Waals surface area contributed by atoms with E-state index in [9.17, 15) is 31.4 Å². The minimum atomic E-state index is -4.91. The summed E-state index contributed by atoms with van der Waals surface area (Å²) in [7, 11) is 0. The molecule has 4 nitrogen and oxygen atoms in total. The van der Waals surface area contributed by atoms with Gasteiger partial charge in [0.05, 0.1) is 16.9 Å². The van der Waals surface area contributed by atoms with Gasteiger partial charge in [-0.2, -0.15) is 13.2 Å². The third-order valence-electron chi connectivity index (χ3n) is 5.46. The van der Waals surface area contributed by atoms with Crippen LogP contribution in [-0.4, -0.2) is 16.0 Å². The van der Waals surface area contributed by atoms with E-state index in [2.05, 4.69) is 10.1 Å². The molecule has 0 aliphatic heterocycles. The molecule has 0 spiro atoms. The van der Waals surface area contributed by atoms with Gasteiger partial charge >= 0.3 is 12.5 Å². The number of ether oxygens (including phenoxy) is 1. The quantitative estimate of drug-likeness (QED) is 0.261. The van der Waals surface area contributed by atoms with Crippen LogP contribution in [0.2, 0.25) is 0 Å². The average Bonchev–Trinajstić information content (AvgIpc) is 3.14. The molecule has 3 aromatic carbocycles. The Morgan fingerprint density at radius 3 is 2.11 bits per heavy atom. The van der Waals surface area contributed by atoms with Crippen LogP contribution in [0, 0.1) is 0 Å². The van der Waals surface area contributed by atoms with Crippen molar-refractivity contribution in [3.63, 3.8) is 0 Å². The maximum Gasteiger partial charge on any atom is 0.573 e. The van der Waals surface area contributed by atoms with Crippen LogP contribution in [0.3, 0.4) is 0 Å². The van der Waals surface area contributed by atoms with Gasteiger partial charge in [-0.05, 0) is 55.0 Å². The summed E-state index contributed by atoms with van der Waals surface area (Å²) in [5.74, 6) is -0.804. The number of nitrogens with one attached hydrogen (secondary N) is 1. The Morgan fingerprint density at radius 2 is 1.50 bits per heavy atom. The molecule has 4 aromatic rings. The van der Waals surface area contributed by atoms with E-state index in [1.807, 2.05) is 37.3 Å². The lowest BCUT2D eigenvalue weighted by Gasteiger charge is -2.16. The van der Waals surface area contributed by atoms with Gasteiger partial charge < -0.3 is 15.2 Å². The summed E-state index contributed by atoms with van der Waals surface area (Å²) < 4.78 is 82.7. The van der Waals surface area contributed by atoms with Gasteiger partial charge in [0.1, 0.15) is 5.75 Å². The molecule has 0 saturated heterocycles. The molecule has 1 atom stereocenters. The fourth-order valence-electron chi connectivity index (χ4n) is 3.79. The van der Waals surface area contributed by atoms with Crippen molar-refractivity contribution in [1.82, 2.24) is 4.57 Å². The van der Waals surface area contributed by atoms with Crippen LogP contribution in [0.1, 0.15) is 24.1 Å². The number of aromatic nitrogens is 1. The Balaban J connectivity index is 1.81. The van der Waals surface area contributed by atoms with E-state index in [-0.39, 0.29) is 34.6 Å². The molecule has 0 bridgehead atoms. The number of rotatable bonds is 6. The Kier molecular flexibility index (Phi) is 6.62. The summed E-state index contributed by atoms with van der Waals surface area (Å²) in [6, 6.07) is 19.7. The molecular formula is C26H20F6N2O2. The van der Waals surface area contributed by atoms with Crippen LogP contribution < -0.4 is 10.1 Å². The van der Waals surface area contributed by atoms with Crippen LogP contribution in [0.25, 0.3) is 16.9 Å². The first kappa shape index (κ1) is 25.0. The predicted molar refractivity (Wildman–Crippen MR) is 123 cm³/mol. The minimum Gasteiger partial charge on any atom is -0.493 e. The first-order valence-corrected chi connectivity index (χ1v) is 10.7. The van der Waals surface area contributed by atoms with Crippen molar-refractivity contribution in [1.29, 1.82) is 0 Å². The summed E-state index contributed by atoms with van der Waals surface area (Å²) in [5.41, 5.74) is 0.925. The van der Waals surface area contributed by atoms with Gasteiger partial charge in [-0.1, -0.05) is 42.5 Å². The summed E-state index contributed by atoms with van der Waals surface area (Å²) in [6.45, 7) is 1.85. The summed E-state index contributed by atoms with van der Waals surface area (Å²) in [4.78, 5) is 0. The molecule has 0 aliphatic rings. The number of halogens is 6. The molecule has 0 amide bonds. The van der Waals surface area contributed by atoms with Crippen molar-refractivity contribution < 1.29 is 36.2 Å². The fraction of sp³-hybridized carbons (Fsp3) is 0.154. The molecule has 188 valence electrons. The van der Waals surface area contributed by atoms with Gasteiger partial charge in [0.15, 0.2) is 0 Å². The average molecular weight is 506 g/mol. The normalized spacial score (nSPS) is 12.9. The van der Waals surface area contributed by atoms with E-state index < -0.39 is 23.9 Å². The summed E-state index contributed by atoms with van der Waals surface area (Å²) in [6.07, 6.45) is -9.46. The number of hydrogen-bond donors (Lipinski definition) is 2. The molecule has 0 unspecified atom stereocenters. The van der Waals surface area contributed by atoms with Gasteiger partial charge in [-0.15, -0.1) is 13.2 Å². The Labute approximate surface area is 202 Å². The van der Waals surface area contributed by atoms with Crippen molar-refractivity contribution in [2.75, 3.05) is 5.32 Å². The highest BCUT2D eigenvalue weighted by Crippen LogP contribution is 2.40. The summed E-state index contributed by atoms with van der Waals surface area (Å²) >= 11 is 0. The lowest BCUT2D eigenvalue weighted by atomic mass is 10.1. The molecule has 0 saturated carbocycles. The third-order valence-corrected chi connectivity index (χ3v) is 5.46. The number of hydrogen-bond acceptors (Lipinski definition) is 3. The highest BCUT2D eigenvalue weighted by molar-refractivity contribution is 5.75. The van der Waals surface area contributed by atoms with E-state index in [1.54, 1.807) is 0 Å². The minimum absolute atomic E-state index is 0.179. The van der Waals surface area contributed by atoms with Crippen molar-refractivity contribution in [3.8, 4) is 28.6 Å². The second-order valence-electron chi connectivity index (χ2n) is 8.00. The van der Waals surface area contributed by atoms with Crippen LogP contribution in [0.4, 0.5) is 32.0 Å². The fourth-order valence-corrected chi connectivity index (χ4v) is 3.79. The molecule has 0 fully saturated rings. The van der Waals surface area contributed by atoms with Crippen molar-refractivity contribution in [3.05, 3.63) is 96.1 Å². The van der Waals surface area contributed by atoms with Gasteiger partial charge in [0, 0.05) is 17.3 Å². The maximum atomic E-state index is 13.1. The van der Waals surface area contributed by atoms with E-state index in [4.69, 9.17) is 0 Å². The monoisotopic (exact) mass is 506 g/mol. The van der Waals surface area contributed by atoms with Gasteiger partial charge in [-0.3, -0.25) is 4.57 Å². The van der Waals surface area contributed by atoms with Gasteiger partial charge in [0.2, 0.25) is 5.88 Å². The molecule has 1 heterocycles. The second-order valence-corrected chi connectivity index (χ2v) is 8.00. The SMILES string of the molecule is C[C@@H](Nc1cc(-c2cccc(OC(F)(F)F)c2)n(-c2ccc(C(F)(F)F)cc2)c1O)c1ccccc1. The standard InChI is InChI=1S/C26H20F6N2O2/c1-16(17-6-3-2-4-7-17)33-22-15-23(18-8-5-9-21(14-18)36-26(30,31)32)34(24(22)35)20-12-10-19(11-13-20)25(27,28)29/h2-16,33,35H,1H3/t16-/m1/s1. The lowest BCUT2D eigenvalue weighted by Crippen LogP contribution is -2.17. The number of anilines is 1. The predicted octanol–water partition coefficient (Wildman–Crippen LogP) is 7.94. The first-order chi connectivity index (χ1) is 16.9. The third kappa shape index (κ3) is 5.59. The zero-order valence-electron chi connectivity index (χ0n) is 18.7. The van der Waals surface area contributed by atoms with Crippen LogP contribution in [0.5, 0.6) is 11.6 Å². The van der Waals surface area contributed by atoms with Crippen LogP contribution >= 0.6 is 0 Å². The number of nitrogens with zero attached hydrogens (tertiary/aromatic N) is 1. The maximum absolute atomic E-state index is 13.1. The smallest absolute Gasteiger partial charge is 0.493 e. The number of alkyl halides is 6. The van der Waals surface area contributed by atoms with Gasteiger partial charge in [-0.25, -0.2) is 0 Å². The van der Waals surface area contributed by atoms with E-state index in [0.717, 1.165) is 29.8 Å². The van der Waals surface area contributed by atoms with Crippen molar-refractivity contribution in [2.45, 2.75) is 25.5 Å². The Morgan fingerprint density at radius 1 is 0.833 bits per heavy atom. The Hall–Kier alpha value is -4.08. The molecule has 4 rings (SSSR count). The molecule has 0 radical (unpaired) electrons. The molecular weight excluding hydrogens is 486 g/mol. The van der Waals surface area contributed by atoms with E-state index >= 15 is 0 Å². The number of benzene rings is 3. The molecule has 1 aromatic heterocycles. The number of aromatic hydroxyl groups is 1. The second kappa shape index (κ2) is 9.52. The first-order valence-electron chi connectivity index (χ1n) is 10.7. The summed E-state index contributed by atoms with van der Waals surface area (Å²) in [5, 5.41) is 14.2. The largest absolute Gasteiger partial charge is 0.573 e. The molecule has 2 N–H and O–H groups in total. The molecule has 10 heteroatoms. The van der Waals surface area contributed by atoms with E-state index in [0.29, 0.717) is 0 Å². The molecule has 36 heavy (non-hydrogen) atoms. The lowest BCUT2D eigenvalue weighted by molar-refractivity contribution is -0.274. The highest BCUT2D eigenvalue weighted by Gasteiger charge is 2.32. The molecule has 0 aliphatic carbocycles. The Bertz CT molecular complexity index is 1330. The zero-order chi connectivity index (χ0) is 26.1. The van der Waals surface area contributed by atoms with Crippen LogP contribution in [-0.2, 0) is 6.18 Å². The highest BCUT2D eigenvalue weighted by atomic mass is 19.4. The zero-order valence-corrected chi connectivity index (χ0v) is 18.7.